The molecule has 0 aliphatic rings. The van der Waals surface area contributed by atoms with Gasteiger partial charge in [0.15, 0.2) is 0 Å². The molecule has 0 radical (unpaired) electrons. The fourth-order valence-electron chi connectivity index (χ4n) is 1.17. The third kappa shape index (κ3) is 2.66. The number of benzene rings is 1. The van der Waals surface area contributed by atoms with Crippen molar-refractivity contribution in [3.63, 3.8) is 0 Å². The van der Waals surface area contributed by atoms with Crippen molar-refractivity contribution in [2.45, 2.75) is 25.8 Å². The molecule has 0 saturated heterocycles. The Labute approximate surface area is 86.9 Å². The fourth-order valence-corrected chi connectivity index (χ4v) is 1.35. The third-order valence-electron chi connectivity index (χ3n) is 1.99. The van der Waals surface area contributed by atoms with Gasteiger partial charge in [0, 0.05) is 11.6 Å². The van der Waals surface area contributed by atoms with Gasteiger partial charge in [-0.15, -0.1) is 0 Å². The fraction of sp³-hybridized carbons (Fsp3) is 0.400. The van der Waals surface area contributed by atoms with Crippen LogP contribution in [-0.4, -0.2) is 6.04 Å². The summed E-state index contributed by atoms with van der Waals surface area (Å²) in [6.45, 7) is 1.79. The van der Waals surface area contributed by atoms with E-state index in [9.17, 15) is 8.78 Å². The number of rotatable bonds is 3. The average molecular weight is 220 g/mol. The third-order valence-corrected chi connectivity index (χ3v) is 2.28. The maximum Gasteiger partial charge on any atom is 0.147 e. The molecule has 14 heavy (non-hydrogen) atoms. The molecule has 1 rings (SSSR count). The Morgan fingerprint density at radius 3 is 2.64 bits per heavy atom. The predicted molar refractivity (Wildman–Crippen MR) is 53.3 cm³/mol. The van der Waals surface area contributed by atoms with E-state index in [1.165, 1.54) is 12.1 Å². The minimum atomic E-state index is -0.674. The lowest BCUT2D eigenvalue weighted by Crippen LogP contribution is -2.16. The highest BCUT2D eigenvalue weighted by Gasteiger charge is 2.12. The summed E-state index contributed by atoms with van der Waals surface area (Å²) in [5.41, 5.74) is 5.52. The Bertz CT molecular complexity index is 326. The lowest BCUT2D eigenvalue weighted by Gasteiger charge is -2.08. The molecule has 4 heteroatoms. The molecule has 0 spiro atoms. The van der Waals surface area contributed by atoms with Gasteiger partial charge >= 0.3 is 0 Å². The van der Waals surface area contributed by atoms with Gasteiger partial charge < -0.3 is 5.73 Å². The summed E-state index contributed by atoms with van der Waals surface area (Å²) in [6, 6.07) is 2.30. The van der Waals surface area contributed by atoms with E-state index in [2.05, 4.69) is 0 Å². The van der Waals surface area contributed by atoms with Crippen LogP contribution in [0.2, 0.25) is 5.02 Å². The molecular weight excluding hydrogens is 208 g/mol. The molecule has 1 aromatic carbocycles. The Morgan fingerprint density at radius 2 is 2.07 bits per heavy atom. The van der Waals surface area contributed by atoms with Crippen LogP contribution >= 0.6 is 11.6 Å². The van der Waals surface area contributed by atoms with Crippen molar-refractivity contribution in [1.82, 2.24) is 0 Å². The highest BCUT2D eigenvalue weighted by atomic mass is 35.5. The summed E-state index contributed by atoms with van der Waals surface area (Å²) < 4.78 is 26.4. The molecule has 0 amide bonds. The second kappa shape index (κ2) is 4.71. The van der Waals surface area contributed by atoms with E-state index >= 15 is 0 Å². The molecule has 1 atom stereocenters. The van der Waals surface area contributed by atoms with Crippen molar-refractivity contribution in [2.24, 2.45) is 5.73 Å². The monoisotopic (exact) mass is 219 g/mol. The van der Waals surface area contributed by atoms with Crippen LogP contribution in [0, 0.1) is 11.6 Å². The highest BCUT2D eigenvalue weighted by Crippen LogP contribution is 2.22. The molecule has 78 valence electrons. The van der Waals surface area contributed by atoms with Crippen LogP contribution < -0.4 is 5.73 Å². The van der Waals surface area contributed by atoms with Gasteiger partial charge in [-0.25, -0.2) is 8.78 Å². The van der Waals surface area contributed by atoms with Crippen molar-refractivity contribution >= 4 is 11.6 Å². The summed E-state index contributed by atoms with van der Waals surface area (Å²) in [7, 11) is 0. The first-order chi connectivity index (χ1) is 6.52. The Hall–Kier alpha value is -0.670. The first-order valence-corrected chi connectivity index (χ1v) is 4.78. The minimum Gasteiger partial charge on any atom is -0.328 e. The zero-order valence-corrected chi connectivity index (χ0v) is 8.61. The maximum absolute atomic E-state index is 13.3. The summed E-state index contributed by atoms with van der Waals surface area (Å²) in [5.74, 6) is -1.24. The van der Waals surface area contributed by atoms with Crippen molar-refractivity contribution in [2.75, 3.05) is 0 Å². The second-order valence-electron chi connectivity index (χ2n) is 3.34. The van der Waals surface area contributed by atoms with Gasteiger partial charge in [-0.2, -0.15) is 0 Å². The molecule has 1 nitrogen and oxygen atoms in total. The summed E-state index contributed by atoms with van der Waals surface area (Å²) in [4.78, 5) is 0. The maximum atomic E-state index is 13.3. The minimum absolute atomic E-state index is 0.0230. The van der Waals surface area contributed by atoms with Crippen LogP contribution in [0.25, 0.3) is 0 Å². The number of halogens is 3. The van der Waals surface area contributed by atoms with Crippen LogP contribution in [0.4, 0.5) is 8.78 Å². The molecule has 2 N–H and O–H groups in total. The molecule has 0 unspecified atom stereocenters. The lowest BCUT2D eigenvalue weighted by molar-refractivity contribution is 0.540. The summed E-state index contributed by atoms with van der Waals surface area (Å²) >= 11 is 5.53. The molecule has 0 aliphatic carbocycles. The predicted octanol–water partition coefficient (Wildman–Crippen LogP) is 2.90. The zero-order valence-electron chi connectivity index (χ0n) is 7.86. The first kappa shape index (κ1) is 11.4. The van der Waals surface area contributed by atoms with Crippen molar-refractivity contribution in [1.29, 1.82) is 0 Å². The van der Waals surface area contributed by atoms with Crippen LogP contribution in [-0.2, 0) is 6.42 Å². The van der Waals surface area contributed by atoms with Gasteiger partial charge in [0.25, 0.3) is 0 Å². The number of hydrogen-bond acceptors (Lipinski definition) is 1. The Kier molecular flexibility index (Phi) is 3.84. The van der Waals surface area contributed by atoms with Gasteiger partial charge in [-0.3, -0.25) is 0 Å². The molecule has 0 bridgehead atoms. The molecule has 0 aliphatic heterocycles. The quantitative estimate of drug-likeness (QED) is 0.778. The van der Waals surface area contributed by atoms with Crippen LogP contribution in [0.5, 0.6) is 0 Å². The smallest absolute Gasteiger partial charge is 0.147 e. The van der Waals surface area contributed by atoms with Gasteiger partial charge in [0.05, 0.1) is 5.02 Å². The van der Waals surface area contributed by atoms with E-state index in [0.29, 0.717) is 6.42 Å². The van der Waals surface area contributed by atoms with Gasteiger partial charge in [0.1, 0.15) is 11.6 Å². The SMILES string of the molecule is C[C@H](N)CCc1c(F)ccc(Cl)c1F. The molecule has 0 aromatic heterocycles. The lowest BCUT2D eigenvalue weighted by atomic mass is 10.1. The van der Waals surface area contributed by atoms with Crippen LogP contribution in [0.15, 0.2) is 12.1 Å². The molecule has 0 fully saturated rings. The highest BCUT2D eigenvalue weighted by molar-refractivity contribution is 6.30. The van der Waals surface area contributed by atoms with Crippen LogP contribution in [0.1, 0.15) is 18.9 Å². The average Bonchev–Trinajstić information content (AvgIpc) is 2.11. The summed E-state index contributed by atoms with van der Waals surface area (Å²) in [5, 5.41) is -0.0499. The van der Waals surface area contributed by atoms with Gasteiger partial charge in [-0.05, 0) is 31.9 Å². The second-order valence-corrected chi connectivity index (χ2v) is 3.74. The normalized spacial score (nSPS) is 12.9. The molecule has 0 heterocycles. The number of nitrogens with two attached hydrogens (primary N) is 1. The van der Waals surface area contributed by atoms with E-state index in [-0.39, 0.29) is 23.0 Å². The molecular formula is C10H12ClF2N. The van der Waals surface area contributed by atoms with E-state index in [1.807, 2.05) is 0 Å². The topological polar surface area (TPSA) is 26.0 Å². The standard InChI is InChI=1S/C10H12ClF2N/c1-6(14)2-3-7-9(12)5-4-8(11)10(7)13/h4-6H,2-3,14H2,1H3/t6-/m0/s1. The Balaban J connectivity index is 2.89. The van der Waals surface area contributed by atoms with Crippen molar-refractivity contribution in [3.8, 4) is 0 Å². The van der Waals surface area contributed by atoms with E-state index in [1.54, 1.807) is 6.92 Å². The largest absolute Gasteiger partial charge is 0.328 e. The van der Waals surface area contributed by atoms with E-state index in [0.717, 1.165) is 0 Å². The van der Waals surface area contributed by atoms with E-state index < -0.39 is 11.6 Å². The van der Waals surface area contributed by atoms with Crippen molar-refractivity contribution in [3.05, 3.63) is 34.4 Å². The number of hydrogen-bond donors (Lipinski definition) is 1. The molecule has 1 aromatic rings. The summed E-state index contributed by atoms with van der Waals surface area (Å²) in [6.07, 6.45) is 0.810. The van der Waals surface area contributed by atoms with Crippen molar-refractivity contribution < 1.29 is 8.78 Å². The van der Waals surface area contributed by atoms with Gasteiger partial charge in [0.2, 0.25) is 0 Å². The van der Waals surface area contributed by atoms with Gasteiger partial charge in [-0.1, -0.05) is 11.6 Å². The molecule has 0 saturated carbocycles. The van der Waals surface area contributed by atoms with E-state index in [4.69, 9.17) is 17.3 Å². The Morgan fingerprint density at radius 1 is 1.43 bits per heavy atom. The first-order valence-electron chi connectivity index (χ1n) is 4.40. The zero-order chi connectivity index (χ0) is 10.7. The van der Waals surface area contributed by atoms with Crippen LogP contribution in [0.3, 0.4) is 0 Å².